The van der Waals surface area contributed by atoms with Crippen LogP contribution in [-0.2, 0) is 9.59 Å². The molecule has 0 bridgehead atoms. The van der Waals surface area contributed by atoms with Gasteiger partial charge in [0.25, 0.3) is 11.8 Å². The molecule has 0 radical (unpaired) electrons. The minimum absolute atomic E-state index is 0.170. The van der Waals surface area contributed by atoms with Crippen molar-refractivity contribution in [3.8, 4) is 46.0 Å². The molecule has 1 aliphatic rings. The van der Waals surface area contributed by atoms with Crippen molar-refractivity contribution in [2.75, 3.05) is 82.1 Å². The summed E-state index contributed by atoms with van der Waals surface area (Å²) >= 11 is 0. The SMILES string of the molecule is COc1cc(OCC(=O)N2CCN(C(=O)COc3cc(OC)c(OC)c(OC)c3)CC2)cc(OC)c1OC. The topological polar surface area (TPSA) is 114 Å². The lowest BCUT2D eigenvalue weighted by atomic mass is 10.2. The Bertz CT molecular complexity index is 978. The second-order valence-electron chi connectivity index (χ2n) is 8.06. The predicted octanol–water partition coefficient (Wildman–Crippen LogP) is 1.87. The third-order valence-electron chi connectivity index (χ3n) is 5.99. The molecule has 0 saturated carbocycles. The number of nitrogens with zero attached hydrogens (tertiary/aromatic N) is 2. The number of carbonyl (C=O) groups is 2. The highest BCUT2D eigenvalue weighted by Crippen LogP contribution is 2.41. The van der Waals surface area contributed by atoms with Gasteiger partial charge in [-0.05, 0) is 0 Å². The third kappa shape index (κ3) is 6.55. The third-order valence-corrected chi connectivity index (χ3v) is 5.99. The van der Waals surface area contributed by atoms with Crippen LogP contribution in [0.5, 0.6) is 46.0 Å². The summed E-state index contributed by atoms with van der Waals surface area (Å²) in [5.41, 5.74) is 0. The Balaban J connectivity index is 1.50. The number of benzene rings is 2. The average molecular weight is 535 g/mol. The summed E-state index contributed by atoms with van der Waals surface area (Å²) in [7, 11) is 9.03. The Hall–Kier alpha value is -4.22. The molecule has 0 aliphatic carbocycles. The quantitative estimate of drug-likeness (QED) is 0.400. The van der Waals surface area contributed by atoms with E-state index in [-0.39, 0.29) is 25.0 Å². The van der Waals surface area contributed by atoms with E-state index >= 15 is 0 Å². The van der Waals surface area contributed by atoms with E-state index in [1.807, 2.05) is 0 Å². The number of rotatable bonds is 12. The van der Waals surface area contributed by atoms with Crippen molar-refractivity contribution in [1.29, 1.82) is 0 Å². The highest BCUT2D eigenvalue weighted by Gasteiger charge is 2.25. The van der Waals surface area contributed by atoms with Gasteiger partial charge in [-0.3, -0.25) is 9.59 Å². The molecule has 2 amide bonds. The number of hydrogen-bond acceptors (Lipinski definition) is 10. The fraction of sp³-hybridized carbons (Fsp3) is 0.462. The summed E-state index contributed by atoms with van der Waals surface area (Å²) in [5.74, 6) is 3.00. The summed E-state index contributed by atoms with van der Waals surface area (Å²) in [5, 5.41) is 0. The number of hydrogen-bond donors (Lipinski definition) is 0. The van der Waals surface area contributed by atoms with Gasteiger partial charge in [0.1, 0.15) is 11.5 Å². The zero-order chi connectivity index (χ0) is 27.7. The van der Waals surface area contributed by atoms with Crippen LogP contribution in [0.3, 0.4) is 0 Å². The van der Waals surface area contributed by atoms with Gasteiger partial charge >= 0.3 is 0 Å². The van der Waals surface area contributed by atoms with Crippen LogP contribution in [0.15, 0.2) is 24.3 Å². The maximum Gasteiger partial charge on any atom is 0.260 e. The van der Waals surface area contributed by atoms with Gasteiger partial charge in [0.05, 0.1) is 42.7 Å². The summed E-state index contributed by atoms with van der Waals surface area (Å²) < 4.78 is 43.2. The Morgan fingerprint density at radius 1 is 0.553 bits per heavy atom. The first-order valence-corrected chi connectivity index (χ1v) is 11.8. The summed E-state index contributed by atoms with van der Waals surface area (Å²) in [6.45, 7) is 1.19. The monoisotopic (exact) mass is 534 g/mol. The molecule has 2 aromatic rings. The van der Waals surface area contributed by atoms with Crippen LogP contribution in [0.1, 0.15) is 0 Å². The molecule has 208 valence electrons. The Kier molecular flexibility index (Phi) is 9.97. The van der Waals surface area contributed by atoms with Crippen molar-refractivity contribution >= 4 is 11.8 Å². The van der Waals surface area contributed by atoms with Gasteiger partial charge < -0.3 is 47.7 Å². The van der Waals surface area contributed by atoms with Crippen molar-refractivity contribution in [3.63, 3.8) is 0 Å². The zero-order valence-electron chi connectivity index (χ0n) is 22.5. The zero-order valence-corrected chi connectivity index (χ0v) is 22.5. The standard InChI is InChI=1S/C26H34N2O10/c1-31-19-11-17(12-20(32-2)25(19)35-5)37-15-23(29)27-7-9-28(10-8-27)24(30)16-38-18-13-21(33-3)26(36-6)22(14-18)34-4/h11-14H,7-10,15-16H2,1-6H3. The number of methoxy groups -OCH3 is 6. The van der Waals surface area contributed by atoms with Crippen molar-refractivity contribution < 1.29 is 47.5 Å². The largest absolute Gasteiger partial charge is 0.493 e. The molecular formula is C26H34N2O10. The van der Waals surface area contributed by atoms with Crippen LogP contribution < -0.4 is 37.9 Å². The van der Waals surface area contributed by atoms with Gasteiger partial charge in [-0.15, -0.1) is 0 Å². The van der Waals surface area contributed by atoms with Crippen LogP contribution in [0.4, 0.5) is 0 Å². The van der Waals surface area contributed by atoms with Gasteiger partial charge in [-0.25, -0.2) is 0 Å². The molecular weight excluding hydrogens is 500 g/mol. The molecule has 1 fully saturated rings. The van der Waals surface area contributed by atoms with Gasteiger partial charge in [-0.1, -0.05) is 0 Å². The molecule has 0 N–H and O–H groups in total. The lowest BCUT2D eigenvalue weighted by molar-refractivity contribution is -0.141. The molecule has 0 atom stereocenters. The second kappa shape index (κ2) is 13.4. The summed E-state index contributed by atoms with van der Waals surface area (Å²) in [6, 6.07) is 6.50. The highest BCUT2D eigenvalue weighted by molar-refractivity contribution is 5.80. The number of ether oxygens (including phenoxy) is 8. The molecule has 0 spiro atoms. The van der Waals surface area contributed by atoms with Crippen LogP contribution in [-0.4, -0.2) is 104 Å². The Morgan fingerprint density at radius 2 is 0.842 bits per heavy atom. The maximum absolute atomic E-state index is 12.7. The Labute approximate surface area is 221 Å². The molecule has 1 saturated heterocycles. The molecule has 0 aromatic heterocycles. The van der Waals surface area contributed by atoms with E-state index in [1.165, 1.54) is 42.7 Å². The summed E-state index contributed by atoms with van der Waals surface area (Å²) in [4.78, 5) is 28.7. The molecule has 3 rings (SSSR count). The Morgan fingerprint density at radius 3 is 1.08 bits per heavy atom. The van der Waals surface area contributed by atoms with E-state index in [9.17, 15) is 9.59 Å². The lowest BCUT2D eigenvalue weighted by Gasteiger charge is -2.34. The van der Waals surface area contributed by atoms with Gasteiger partial charge in [-0.2, -0.15) is 0 Å². The van der Waals surface area contributed by atoms with E-state index in [1.54, 1.807) is 34.1 Å². The van der Waals surface area contributed by atoms with Crippen LogP contribution in [0.2, 0.25) is 0 Å². The van der Waals surface area contributed by atoms with Crippen molar-refractivity contribution in [1.82, 2.24) is 9.80 Å². The lowest BCUT2D eigenvalue weighted by Crippen LogP contribution is -2.52. The van der Waals surface area contributed by atoms with E-state index in [0.717, 1.165) is 0 Å². The molecule has 38 heavy (non-hydrogen) atoms. The van der Waals surface area contributed by atoms with Crippen LogP contribution in [0, 0.1) is 0 Å². The van der Waals surface area contributed by atoms with Crippen LogP contribution >= 0.6 is 0 Å². The van der Waals surface area contributed by atoms with Gasteiger partial charge in [0.15, 0.2) is 36.2 Å². The molecule has 1 heterocycles. The minimum atomic E-state index is -0.195. The maximum atomic E-state index is 12.7. The van der Waals surface area contributed by atoms with Crippen LogP contribution in [0.25, 0.3) is 0 Å². The van der Waals surface area contributed by atoms with E-state index in [4.69, 9.17) is 37.9 Å². The first-order chi connectivity index (χ1) is 18.4. The fourth-order valence-corrected chi connectivity index (χ4v) is 3.96. The first-order valence-electron chi connectivity index (χ1n) is 11.8. The number of piperazine rings is 1. The van der Waals surface area contributed by atoms with E-state index in [2.05, 4.69) is 0 Å². The average Bonchev–Trinajstić information content (AvgIpc) is 2.97. The smallest absolute Gasteiger partial charge is 0.260 e. The molecule has 0 unspecified atom stereocenters. The van der Waals surface area contributed by atoms with Crippen molar-refractivity contribution in [2.24, 2.45) is 0 Å². The second-order valence-corrected chi connectivity index (χ2v) is 8.06. The predicted molar refractivity (Wildman–Crippen MR) is 136 cm³/mol. The minimum Gasteiger partial charge on any atom is -0.493 e. The van der Waals surface area contributed by atoms with Gasteiger partial charge in [0, 0.05) is 50.4 Å². The normalized spacial score (nSPS) is 12.9. The van der Waals surface area contributed by atoms with Gasteiger partial charge in [0.2, 0.25) is 11.5 Å². The number of amides is 2. The van der Waals surface area contributed by atoms with E-state index < -0.39 is 0 Å². The summed E-state index contributed by atoms with van der Waals surface area (Å²) in [6.07, 6.45) is 0. The first kappa shape index (κ1) is 28.4. The highest BCUT2D eigenvalue weighted by atomic mass is 16.5. The molecule has 1 aliphatic heterocycles. The van der Waals surface area contributed by atoms with Crippen molar-refractivity contribution in [3.05, 3.63) is 24.3 Å². The molecule has 12 nitrogen and oxygen atoms in total. The fourth-order valence-electron chi connectivity index (χ4n) is 3.96. The van der Waals surface area contributed by atoms with Crippen molar-refractivity contribution in [2.45, 2.75) is 0 Å². The van der Waals surface area contributed by atoms with E-state index in [0.29, 0.717) is 72.2 Å². The molecule has 12 heteroatoms. The molecule has 2 aromatic carbocycles. The number of carbonyl (C=O) groups excluding carboxylic acids is 2.